The molecule has 1 aromatic carbocycles. The average molecular weight is 309 g/mol. The molecule has 112 valence electrons. The molecule has 0 N–H and O–H groups in total. The Morgan fingerprint density at radius 2 is 1.57 bits per heavy atom. The Bertz CT molecular complexity index is 626. The fourth-order valence-corrected chi connectivity index (χ4v) is 2.67. The van der Waals surface area contributed by atoms with Gasteiger partial charge in [-0.3, -0.25) is 14.5 Å². The van der Waals surface area contributed by atoms with Gasteiger partial charge in [0.2, 0.25) is 0 Å². The zero-order chi connectivity index (χ0) is 15.6. The first kappa shape index (κ1) is 15.2. The monoisotopic (exact) mass is 309 g/mol. The standard InChI is InChI=1S/C14H15NO5S/c1-15-13(16)12(21-14(15)17)6-8-5-10(19-3)11(20-4)7-9(8)18-2/h5-7H,1-4H3/b12-6+. The van der Waals surface area contributed by atoms with Crippen LogP contribution >= 0.6 is 11.8 Å². The summed E-state index contributed by atoms with van der Waals surface area (Å²) in [4.78, 5) is 24.8. The van der Waals surface area contributed by atoms with E-state index < -0.39 is 0 Å². The fraction of sp³-hybridized carbons (Fsp3) is 0.286. The smallest absolute Gasteiger partial charge is 0.293 e. The number of hydrogen-bond donors (Lipinski definition) is 0. The Hall–Kier alpha value is -2.15. The highest BCUT2D eigenvalue weighted by molar-refractivity contribution is 8.18. The second-order valence-electron chi connectivity index (χ2n) is 4.19. The molecule has 1 aromatic rings. The molecule has 0 unspecified atom stereocenters. The van der Waals surface area contributed by atoms with E-state index in [1.165, 1.54) is 28.4 Å². The average Bonchev–Trinajstić information content (AvgIpc) is 2.74. The summed E-state index contributed by atoms with van der Waals surface area (Å²) >= 11 is 0.890. The minimum Gasteiger partial charge on any atom is -0.496 e. The number of benzene rings is 1. The summed E-state index contributed by atoms with van der Waals surface area (Å²) in [5.74, 6) is 1.23. The quantitative estimate of drug-likeness (QED) is 0.796. The van der Waals surface area contributed by atoms with Crippen molar-refractivity contribution in [3.63, 3.8) is 0 Å². The molecule has 0 bridgehead atoms. The van der Waals surface area contributed by atoms with Crippen LogP contribution in [-0.2, 0) is 4.79 Å². The number of thioether (sulfide) groups is 1. The van der Waals surface area contributed by atoms with Crippen LogP contribution in [-0.4, -0.2) is 44.4 Å². The van der Waals surface area contributed by atoms with E-state index in [2.05, 4.69) is 0 Å². The second kappa shape index (κ2) is 6.09. The van der Waals surface area contributed by atoms with Gasteiger partial charge in [0.25, 0.3) is 11.1 Å². The van der Waals surface area contributed by atoms with E-state index in [0.29, 0.717) is 27.7 Å². The Kier molecular flexibility index (Phi) is 4.42. The first-order valence-electron chi connectivity index (χ1n) is 6.03. The summed E-state index contributed by atoms with van der Waals surface area (Å²) in [5.41, 5.74) is 0.633. The number of amides is 2. The minimum atomic E-state index is -0.332. The van der Waals surface area contributed by atoms with Crippen molar-refractivity contribution >= 4 is 29.0 Å². The van der Waals surface area contributed by atoms with Crippen molar-refractivity contribution < 1.29 is 23.8 Å². The van der Waals surface area contributed by atoms with Crippen LogP contribution in [0.4, 0.5) is 4.79 Å². The molecular formula is C14H15NO5S. The summed E-state index contributed by atoms with van der Waals surface area (Å²) in [5, 5.41) is -0.300. The van der Waals surface area contributed by atoms with Gasteiger partial charge < -0.3 is 14.2 Å². The van der Waals surface area contributed by atoms with Gasteiger partial charge in [-0.15, -0.1) is 0 Å². The van der Waals surface area contributed by atoms with E-state index >= 15 is 0 Å². The van der Waals surface area contributed by atoms with Gasteiger partial charge in [0, 0.05) is 18.7 Å². The lowest BCUT2D eigenvalue weighted by Gasteiger charge is -2.12. The molecule has 2 rings (SSSR count). The number of methoxy groups -OCH3 is 3. The summed E-state index contributed by atoms with van der Waals surface area (Å²) in [6, 6.07) is 3.36. The van der Waals surface area contributed by atoms with Crippen LogP contribution < -0.4 is 14.2 Å². The van der Waals surface area contributed by atoms with Crippen molar-refractivity contribution in [2.75, 3.05) is 28.4 Å². The van der Waals surface area contributed by atoms with E-state index in [1.54, 1.807) is 18.2 Å². The van der Waals surface area contributed by atoms with Gasteiger partial charge in [-0.05, 0) is 23.9 Å². The molecule has 1 aliphatic heterocycles. The Morgan fingerprint density at radius 3 is 2.05 bits per heavy atom. The first-order valence-corrected chi connectivity index (χ1v) is 6.85. The number of carbonyl (C=O) groups excluding carboxylic acids is 2. The van der Waals surface area contributed by atoms with E-state index in [-0.39, 0.29) is 11.1 Å². The van der Waals surface area contributed by atoms with Gasteiger partial charge in [0.1, 0.15) is 5.75 Å². The van der Waals surface area contributed by atoms with Crippen LogP contribution in [0.5, 0.6) is 17.2 Å². The third-order valence-electron chi connectivity index (χ3n) is 3.01. The number of ether oxygens (including phenoxy) is 3. The molecule has 2 amide bonds. The lowest BCUT2D eigenvalue weighted by molar-refractivity contribution is -0.121. The molecule has 6 nitrogen and oxygen atoms in total. The third kappa shape index (κ3) is 2.82. The number of rotatable bonds is 4. The van der Waals surface area contributed by atoms with Crippen molar-refractivity contribution in [1.29, 1.82) is 0 Å². The summed E-state index contributed by atoms with van der Waals surface area (Å²) < 4.78 is 15.7. The van der Waals surface area contributed by atoms with E-state index in [0.717, 1.165) is 16.7 Å². The maximum Gasteiger partial charge on any atom is 0.293 e. The predicted molar refractivity (Wildman–Crippen MR) is 79.8 cm³/mol. The van der Waals surface area contributed by atoms with Gasteiger partial charge in [0.05, 0.1) is 26.2 Å². The molecule has 0 atom stereocenters. The molecule has 1 saturated heterocycles. The minimum absolute atomic E-state index is 0.300. The van der Waals surface area contributed by atoms with Crippen molar-refractivity contribution in [1.82, 2.24) is 4.90 Å². The second-order valence-corrected chi connectivity index (χ2v) is 5.18. The maximum absolute atomic E-state index is 11.9. The Labute approximate surface area is 126 Å². The van der Waals surface area contributed by atoms with Gasteiger partial charge in [-0.1, -0.05) is 0 Å². The number of carbonyl (C=O) groups is 2. The van der Waals surface area contributed by atoms with Crippen LogP contribution in [0.15, 0.2) is 17.0 Å². The molecule has 0 saturated carbocycles. The molecule has 21 heavy (non-hydrogen) atoms. The van der Waals surface area contributed by atoms with Gasteiger partial charge in [-0.2, -0.15) is 0 Å². The van der Waals surface area contributed by atoms with E-state index in [4.69, 9.17) is 14.2 Å². The van der Waals surface area contributed by atoms with Gasteiger partial charge in [-0.25, -0.2) is 0 Å². The van der Waals surface area contributed by atoms with Gasteiger partial charge >= 0.3 is 0 Å². The van der Waals surface area contributed by atoms with Crippen molar-refractivity contribution in [2.24, 2.45) is 0 Å². The Balaban J connectivity index is 2.49. The molecule has 1 fully saturated rings. The zero-order valence-electron chi connectivity index (χ0n) is 12.1. The maximum atomic E-state index is 11.9. The highest BCUT2D eigenvalue weighted by atomic mass is 32.2. The molecule has 7 heteroatoms. The molecule has 0 aromatic heterocycles. The summed E-state index contributed by atoms with van der Waals surface area (Å²) in [7, 11) is 6.02. The largest absolute Gasteiger partial charge is 0.496 e. The molecule has 0 aliphatic carbocycles. The summed E-state index contributed by atoms with van der Waals surface area (Å²) in [6.45, 7) is 0. The van der Waals surface area contributed by atoms with Crippen LogP contribution in [0.1, 0.15) is 5.56 Å². The van der Waals surface area contributed by atoms with Crippen LogP contribution in [0.3, 0.4) is 0 Å². The van der Waals surface area contributed by atoms with Crippen LogP contribution in [0, 0.1) is 0 Å². The van der Waals surface area contributed by atoms with E-state index in [9.17, 15) is 9.59 Å². The topological polar surface area (TPSA) is 65.1 Å². The number of nitrogens with zero attached hydrogens (tertiary/aromatic N) is 1. The molecule has 1 heterocycles. The molecule has 0 spiro atoms. The van der Waals surface area contributed by atoms with Crippen LogP contribution in [0.2, 0.25) is 0 Å². The van der Waals surface area contributed by atoms with Gasteiger partial charge in [0.15, 0.2) is 11.5 Å². The highest BCUT2D eigenvalue weighted by Gasteiger charge is 2.32. The van der Waals surface area contributed by atoms with Crippen molar-refractivity contribution in [3.8, 4) is 17.2 Å². The number of likely N-dealkylation sites (N-methyl/N-ethyl adjacent to an activating group) is 1. The SMILES string of the molecule is COc1cc(OC)c(OC)cc1/C=C1/SC(=O)N(C)C1=O. The normalized spacial score (nSPS) is 16.6. The van der Waals surface area contributed by atoms with Crippen molar-refractivity contribution in [2.45, 2.75) is 0 Å². The fourth-order valence-electron chi connectivity index (χ4n) is 1.85. The first-order chi connectivity index (χ1) is 10.0. The Morgan fingerprint density at radius 1 is 1.00 bits per heavy atom. The van der Waals surface area contributed by atoms with Crippen molar-refractivity contribution in [3.05, 3.63) is 22.6 Å². The zero-order valence-corrected chi connectivity index (χ0v) is 12.9. The molecule has 0 radical (unpaired) electrons. The third-order valence-corrected chi connectivity index (χ3v) is 3.97. The lowest BCUT2D eigenvalue weighted by atomic mass is 10.1. The summed E-state index contributed by atoms with van der Waals surface area (Å²) in [6.07, 6.45) is 1.61. The predicted octanol–water partition coefficient (Wildman–Crippen LogP) is 2.38. The van der Waals surface area contributed by atoms with Crippen LogP contribution in [0.25, 0.3) is 6.08 Å². The lowest BCUT2D eigenvalue weighted by Crippen LogP contribution is -2.22. The number of hydrogen-bond acceptors (Lipinski definition) is 6. The highest BCUT2D eigenvalue weighted by Crippen LogP contribution is 2.38. The van der Waals surface area contributed by atoms with E-state index in [1.807, 2.05) is 0 Å². The number of imide groups is 1. The molecular weight excluding hydrogens is 294 g/mol. The molecule has 1 aliphatic rings.